The minimum atomic E-state index is -1.42. The summed E-state index contributed by atoms with van der Waals surface area (Å²) in [5.74, 6) is -5.45. The molecule has 0 bridgehead atoms. The Morgan fingerprint density at radius 3 is 2.20 bits per heavy atom. The van der Waals surface area contributed by atoms with Crippen LogP contribution in [0.15, 0.2) is 30.5 Å². The molecule has 4 unspecified atom stereocenters. The number of aromatic amines is 1. The molecule has 40 heavy (non-hydrogen) atoms. The van der Waals surface area contributed by atoms with Crippen LogP contribution in [-0.4, -0.2) is 81.5 Å². The topological polar surface area (TPSA) is 233 Å². The number of H-pyrrole nitrogens is 1. The van der Waals surface area contributed by atoms with Crippen LogP contribution in [0.2, 0.25) is 0 Å². The van der Waals surface area contributed by atoms with Crippen molar-refractivity contribution in [3.8, 4) is 0 Å². The second kappa shape index (κ2) is 14.1. The van der Waals surface area contributed by atoms with Crippen LogP contribution >= 0.6 is 0 Å². The van der Waals surface area contributed by atoms with Crippen LogP contribution in [0.25, 0.3) is 10.9 Å². The number of para-hydroxylation sites is 1. The first kappa shape index (κ1) is 30.1. The highest BCUT2D eigenvalue weighted by Crippen LogP contribution is 2.19. The van der Waals surface area contributed by atoms with Crippen molar-refractivity contribution in [1.29, 1.82) is 0 Å². The number of aromatic nitrogens is 1. The van der Waals surface area contributed by atoms with E-state index in [1.165, 1.54) is 0 Å². The summed E-state index contributed by atoms with van der Waals surface area (Å²) in [6.07, 6.45) is 1.69. The molecule has 1 aromatic carbocycles. The normalized spacial score (nSPS) is 16.9. The largest absolute Gasteiger partial charge is 0.481 e. The van der Waals surface area contributed by atoms with Gasteiger partial charge in [-0.2, -0.15) is 0 Å². The van der Waals surface area contributed by atoms with E-state index in [9.17, 15) is 33.9 Å². The van der Waals surface area contributed by atoms with Gasteiger partial charge in [-0.25, -0.2) is 4.79 Å². The molecule has 0 aliphatic carbocycles. The lowest BCUT2D eigenvalue weighted by atomic mass is 10.0. The number of nitrogens with two attached hydrogens (primary N) is 1. The maximum atomic E-state index is 13.2. The van der Waals surface area contributed by atoms with Crippen LogP contribution in [-0.2, 0) is 35.2 Å². The zero-order chi connectivity index (χ0) is 29.2. The maximum Gasteiger partial charge on any atom is 0.326 e. The Labute approximate surface area is 229 Å². The smallest absolute Gasteiger partial charge is 0.326 e. The Kier molecular flexibility index (Phi) is 10.6. The van der Waals surface area contributed by atoms with E-state index >= 15 is 0 Å². The third-order valence-electron chi connectivity index (χ3n) is 6.68. The average Bonchev–Trinajstić information content (AvgIpc) is 3.59. The van der Waals surface area contributed by atoms with Crippen molar-refractivity contribution in [3.05, 3.63) is 36.0 Å². The van der Waals surface area contributed by atoms with Crippen molar-refractivity contribution in [1.82, 2.24) is 26.3 Å². The number of carboxylic acid groups (broad SMARTS) is 2. The Balaban J connectivity index is 1.74. The summed E-state index contributed by atoms with van der Waals surface area (Å²) in [5.41, 5.74) is 6.65. The lowest BCUT2D eigenvalue weighted by Crippen LogP contribution is -2.57. The molecule has 9 N–H and O–H groups in total. The van der Waals surface area contributed by atoms with Crippen LogP contribution in [0.5, 0.6) is 0 Å². The highest BCUT2D eigenvalue weighted by molar-refractivity contribution is 5.95. The van der Waals surface area contributed by atoms with E-state index in [2.05, 4.69) is 26.3 Å². The van der Waals surface area contributed by atoms with E-state index < -0.39 is 66.2 Å². The summed E-state index contributed by atoms with van der Waals surface area (Å²) in [6.45, 7) is 0.636. The fraction of sp³-hybridized carbons (Fsp3) is 0.462. The van der Waals surface area contributed by atoms with Crippen molar-refractivity contribution in [3.63, 3.8) is 0 Å². The molecule has 0 radical (unpaired) electrons. The molecule has 14 heteroatoms. The maximum absolute atomic E-state index is 13.2. The van der Waals surface area contributed by atoms with Gasteiger partial charge in [-0.3, -0.25) is 24.0 Å². The molecule has 0 spiro atoms. The molecular formula is C26H34N6O8. The summed E-state index contributed by atoms with van der Waals surface area (Å²) in [5, 5.41) is 30.1. The predicted molar refractivity (Wildman–Crippen MR) is 142 cm³/mol. The second-order valence-electron chi connectivity index (χ2n) is 9.67. The molecule has 2 aromatic rings. The highest BCUT2D eigenvalue weighted by Gasteiger charge is 2.32. The number of fused-ring (bicyclic) bond motifs is 1. The van der Waals surface area contributed by atoms with Gasteiger partial charge >= 0.3 is 11.9 Å². The van der Waals surface area contributed by atoms with Gasteiger partial charge in [0.2, 0.25) is 23.6 Å². The molecule has 3 rings (SSSR count). The molecule has 4 atom stereocenters. The van der Waals surface area contributed by atoms with Crippen molar-refractivity contribution < 1.29 is 39.0 Å². The van der Waals surface area contributed by atoms with Crippen LogP contribution in [0.3, 0.4) is 0 Å². The third-order valence-corrected chi connectivity index (χ3v) is 6.68. The minimum Gasteiger partial charge on any atom is -0.481 e. The van der Waals surface area contributed by atoms with Gasteiger partial charge in [-0.1, -0.05) is 18.2 Å². The Morgan fingerprint density at radius 2 is 1.57 bits per heavy atom. The Morgan fingerprint density at radius 1 is 0.925 bits per heavy atom. The predicted octanol–water partition coefficient (Wildman–Crippen LogP) is -0.868. The quantitative estimate of drug-likeness (QED) is 0.135. The first-order chi connectivity index (χ1) is 19.0. The summed E-state index contributed by atoms with van der Waals surface area (Å²) >= 11 is 0. The highest BCUT2D eigenvalue weighted by atomic mass is 16.4. The second-order valence-corrected chi connectivity index (χ2v) is 9.67. The van der Waals surface area contributed by atoms with Gasteiger partial charge in [-0.15, -0.1) is 0 Å². The lowest BCUT2D eigenvalue weighted by molar-refractivity contribution is -0.143. The van der Waals surface area contributed by atoms with Crippen molar-refractivity contribution in [2.45, 2.75) is 69.1 Å². The van der Waals surface area contributed by atoms with Crippen LogP contribution in [0, 0.1) is 0 Å². The van der Waals surface area contributed by atoms with Gasteiger partial charge in [0.25, 0.3) is 0 Å². The number of carbonyl (C=O) groups excluding carboxylic acids is 4. The van der Waals surface area contributed by atoms with Gasteiger partial charge < -0.3 is 42.2 Å². The van der Waals surface area contributed by atoms with Gasteiger partial charge in [0, 0.05) is 36.4 Å². The van der Waals surface area contributed by atoms with Crippen LogP contribution in [0.1, 0.15) is 44.1 Å². The van der Waals surface area contributed by atoms with Gasteiger partial charge in [0.05, 0.1) is 6.04 Å². The molecule has 1 fully saturated rings. The monoisotopic (exact) mass is 558 g/mol. The molecule has 1 saturated heterocycles. The number of carboxylic acids is 2. The summed E-state index contributed by atoms with van der Waals surface area (Å²) in [6, 6.07) is 2.68. The Bertz CT molecular complexity index is 1250. The zero-order valence-corrected chi connectivity index (χ0v) is 21.8. The number of aliphatic carboxylic acids is 2. The number of primary amides is 1. The van der Waals surface area contributed by atoms with Gasteiger partial charge in [-0.05, 0) is 43.9 Å². The zero-order valence-electron chi connectivity index (χ0n) is 21.8. The van der Waals surface area contributed by atoms with E-state index in [1.807, 2.05) is 12.1 Å². The number of carbonyl (C=O) groups is 6. The first-order valence-electron chi connectivity index (χ1n) is 13.0. The van der Waals surface area contributed by atoms with Gasteiger partial charge in [0.15, 0.2) is 0 Å². The van der Waals surface area contributed by atoms with E-state index in [0.717, 1.165) is 17.3 Å². The number of nitrogens with one attached hydrogen (secondary N) is 5. The fourth-order valence-electron chi connectivity index (χ4n) is 4.54. The minimum absolute atomic E-state index is 0.0730. The molecular weight excluding hydrogens is 524 g/mol. The number of hydrogen-bond acceptors (Lipinski definition) is 7. The average molecular weight is 559 g/mol. The van der Waals surface area contributed by atoms with E-state index in [0.29, 0.717) is 18.5 Å². The third kappa shape index (κ3) is 8.53. The van der Waals surface area contributed by atoms with E-state index in [-0.39, 0.29) is 25.7 Å². The Hall–Kier alpha value is -4.46. The SMILES string of the molecule is NC(=O)CCC(NC(=O)C1CCCN1)C(=O)NC(CCC(=O)O)C(=O)NC(Cc1c[nH]c2ccccc12)C(=O)O. The summed E-state index contributed by atoms with van der Waals surface area (Å²) in [4.78, 5) is 76.5. The molecule has 2 heterocycles. The molecule has 216 valence electrons. The number of benzene rings is 1. The first-order valence-corrected chi connectivity index (χ1v) is 13.0. The molecule has 1 aliphatic rings. The fourth-order valence-corrected chi connectivity index (χ4v) is 4.54. The van der Waals surface area contributed by atoms with Crippen molar-refractivity contribution >= 4 is 46.5 Å². The molecule has 14 nitrogen and oxygen atoms in total. The van der Waals surface area contributed by atoms with Crippen LogP contribution in [0.4, 0.5) is 0 Å². The van der Waals surface area contributed by atoms with Crippen molar-refractivity contribution in [2.75, 3.05) is 6.54 Å². The van der Waals surface area contributed by atoms with Crippen molar-refractivity contribution in [2.24, 2.45) is 5.73 Å². The number of hydrogen-bond donors (Lipinski definition) is 8. The van der Waals surface area contributed by atoms with Gasteiger partial charge in [0.1, 0.15) is 18.1 Å². The van der Waals surface area contributed by atoms with Crippen LogP contribution < -0.4 is 27.0 Å². The molecule has 1 aromatic heterocycles. The van der Waals surface area contributed by atoms with E-state index in [1.54, 1.807) is 18.3 Å². The standard InChI is InChI=1S/C26H34N6O8/c27-21(33)9-7-18(30-23(36)17-6-3-11-28-17)24(37)31-19(8-10-22(34)35)25(38)32-20(26(39)40)12-14-13-29-16-5-2-1-4-15(14)16/h1-2,4-5,13,17-20,28-29H,3,6-12H2,(H2,27,33)(H,30,36)(H,31,37)(H,32,38)(H,34,35)(H,39,40). The lowest BCUT2D eigenvalue weighted by Gasteiger charge is -2.25. The molecule has 4 amide bonds. The summed E-state index contributed by atoms with van der Waals surface area (Å²) in [7, 11) is 0. The molecule has 1 aliphatic heterocycles. The van der Waals surface area contributed by atoms with E-state index in [4.69, 9.17) is 10.8 Å². The number of rotatable bonds is 15. The summed E-state index contributed by atoms with van der Waals surface area (Å²) < 4.78 is 0. The number of amides is 4. The molecule has 0 saturated carbocycles.